The van der Waals surface area contributed by atoms with Crippen LogP contribution in [0.25, 0.3) is 10.9 Å². The van der Waals surface area contributed by atoms with Gasteiger partial charge in [-0.3, -0.25) is 9.59 Å². The molecule has 2 amide bonds. The number of phenols is 1. The highest BCUT2D eigenvalue weighted by Crippen LogP contribution is 2.35. The lowest BCUT2D eigenvalue weighted by Gasteiger charge is -2.31. The van der Waals surface area contributed by atoms with Crippen LogP contribution in [0.5, 0.6) is 5.75 Å². The van der Waals surface area contributed by atoms with Gasteiger partial charge in [0, 0.05) is 24.3 Å². The van der Waals surface area contributed by atoms with Crippen molar-refractivity contribution in [1.82, 2.24) is 20.5 Å². The average molecular weight is 536 g/mol. The summed E-state index contributed by atoms with van der Waals surface area (Å²) in [5.41, 5.74) is -2.18. The minimum Gasteiger partial charge on any atom is -0.507 e. The van der Waals surface area contributed by atoms with E-state index < -0.39 is 47.6 Å². The predicted molar refractivity (Wildman–Crippen MR) is 135 cm³/mol. The molecule has 6 N–H and O–H groups in total. The maximum absolute atomic E-state index is 13.4. The molecule has 12 nitrogen and oxygen atoms in total. The van der Waals surface area contributed by atoms with Crippen molar-refractivity contribution in [3.8, 4) is 5.75 Å². The number of fused-ring (bicyclic) bond motifs is 1. The number of benzene rings is 1. The molecule has 1 aromatic carbocycles. The second kappa shape index (κ2) is 9.84. The quantitative estimate of drug-likeness (QED) is 0.279. The molecule has 0 saturated carbocycles. The average Bonchev–Trinajstić information content (AvgIpc) is 3.57. The van der Waals surface area contributed by atoms with Crippen LogP contribution in [-0.4, -0.2) is 86.5 Å². The molecule has 2 aromatic rings. The second-order valence-corrected chi connectivity index (χ2v) is 10.3. The number of phenolic OH excluding ortho intramolecular Hbond substituents is 1. The molecule has 200 valence electrons. The molecular formula is C24H30ClN5O7. The lowest BCUT2D eigenvalue weighted by molar-refractivity contribution is -0.149. The van der Waals surface area contributed by atoms with E-state index >= 15 is 0 Å². The summed E-state index contributed by atoms with van der Waals surface area (Å²) in [5, 5.41) is 38.5. The van der Waals surface area contributed by atoms with E-state index in [1.165, 1.54) is 13.0 Å². The number of carboxylic acids is 1. The molecule has 0 unspecified atom stereocenters. The number of hydrogen-bond acceptors (Lipinski definition) is 8. The number of rotatable bonds is 8. The molecule has 0 bridgehead atoms. The molecule has 0 spiro atoms. The third-order valence-corrected chi connectivity index (χ3v) is 7.07. The number of aliphatic imine (C=N–C) groups is 1. The SMILES string of the molecule is Cn1cc(C2=N[C@](C)(C(=O)N[C@H](C(=O)N[C@@](C)(CO)C(=O)O)[C@H]3CCCN3)CO2)c2c(O)cc(Cl)cc21. The van der Waals surface area contributed by atoms with Crippen LogP contribution in [-0.2, 0) is 26.2 Å². The summed E-state index contributed by atoms with van der Waals surface area (Å²) in [4.78, 5) is 42.6. The van der Waals surface area contributed by atoms with Crippen molar-refractivity contribution < 1.29 is 34.4 Å². The molecule has 37 heavy (non-hydrogen) atoms. The number of aliphatic hydroxyl groups excluding tert-OH is 1. The maximum Gasteiger partial charge on any atom is 0.331 e. The van der Waals surface area contributed by atoms with Crippen LogP contribution in [0, 0.1) is 0 Å². The van der Waals surface area contributed by atoms with Crippen LogP contribution in [0.1, 0.15) is 32.3 Å². The van der Waals surface area contributed by atoms with E-state index in [4.69, 9.17) is 16.3 Å². The van der Waals surface area contributed by atoms with E-state index in [0.29, 0.717) is 34.5 Å². The van der Waals surface area contributed by atoms with Crippen LogP contribution in [0.3, 0.4) is 0 Å². The first-order valence-electron chi connectivity index (χ1n) is 11.8. The fraction of sp³-hybridized carbons (Fsp3) is 0.500. The minimum absolute atomic E-state index is 0.0585. The Morgan fingerprint density at radius 2 is 2.14 bits per heavy atom. The van der Waals surface area contributed by atoms with Crippen molar-refractivity contribution in [3.05, 3.63) is 28.9 Å². The van der Waals surface area contributed by atoms with E-state index in [-0.39, 0.29) is 18.3 Å². The Bertz CT molecular complexity index is 1290. The molecule has 2 aliphatic rings. The first-order chi connectivity index (χ1) is 17.4. The van der Waals surface area contributed by atoms with E-state index in [2.05, 4.69) is 20.9 Å². The van der Waals surface area contributed by atoms with Gasteiger partial charge in [-0.05, 0) is 45.4 Å². The Morgan fingerprint density at radius 3 is 2.76 bits per heavy atom. The van der Waals surface area contributed by atoms with Gasteiger partial charge in [-0.25, -0.2) is 9.79 Å². The van der Waals surface area contributed by atoms with Crippen molar-refractivity contribution in [1.29, 1.82) is 0 Å². The third kappa shape index (κ3) is 4.96. The number of aliphatic carboxylic acids is 1. The standard InChI is InChI=1S/C24H30ClN5O7/c1-23(10-31,22(35)36)28-19(33)18(14-5-4-6-26-14)27-21(34)24(2)11-37-20(29-24)13-9-30(3)15-7-12(25)8-16(32)17(13)15/h7-9,14,18,26,31-32H,4-6,10-11H2,1-3H3,(H,27,34)(H,28,33)(H,35,36)/t14-,18+,23+,24+/m1/s1. The Kier molecular flexibility index (Phi) is 7.10. The molecular weight excluding hydrogens is 506 g/mol. The fourth-order valence-corrected chi connectivity index (χ4v) is 4.73. The monoisotopic (exact) mass is 535 g/mol. The highest BCUT2D eigenvalue weighted by Gasteiger charge is 2.45. The summed E-state index contributed by atoms with van der Waals surface area (Å²) in [6.45, 7) is 2.44. The number of aromatic nitrogens is 1. The number of amides is 2. The topological polar surface area (TPSA) is 175 Å². The number of carbonyl (C=O) groups excluding carboxylic acids is 2. The van der Waals surface area contributed by atoms with Gasteiger partial charge >= 0.3 is 5.97 Å². The van der Waals surface area contributed by atoms with E-state index in [1.54, 1.807) is 30.8 Å². The zero-order valence-electron chi connectivity index (χ0n) is 20.7. The van der Waals surface area contributed by atoms with E-state index in [1.807, 2.05) is 0 Å². The predicted octanol–water partition coefficient (Wildman–Crippen LogP) is 0.261. The van der Waals surface area contributed by atoms with Crippen LogP contribution >= 0.6 is 11.6 Å². The first kappa shape index (κ1) is 26.7. The van der Waals surface area contributed by atoms with Gasteiger partial charge in [0.15, 0.2) is 11.1 Å². The number of nitrogens with zero attached hydrogens (tertiary/aromatic N) is 2. The number of halogens is 1. The lowest BCUT2D eigenvalue weighted by atomic mass is 9.98. The Morgan fingerprint density at radius 1 is 1.41 bits per heavy atom. The van der Waals surface area contributed by atoms with Crippen molar-refractivity contribution in [2.75, 3.05) is 19.8 Å². The molecule has 0 aliphatic carbocycles. The van der Waals surface area contributed by atoms with Crippen LogP contribution in [0.15, 0.2) is 23.3 Å². The summed E-state index contributed by atoms with van der Waals surface area (Å²) in [6.07, 6.45) is 3.07. The third-order valence-electron chi connectivity index (χ3n) is 6.85. The lowest BCUT2D eigenvalue weighted by Crippen LogP contribution is -2.64. The van der Waals surface area contributed by atoms with Gasteiger partial charge in [-0.15, -0.1) is 0 Å². The minimum atomic E-state index is -1.91. The molecule has 1 aromatic heterocycles. The van der Waals surface area contributed by atoms with Crippen LogP contribution < -0.4 is 16.0 Å². The normalized spacial score (nSPS) is 23.7. The molecule has 4 rings (SSSR count). The summed E-state index contributed by atoms with van der Waals surface area (Å²) < 4.78 is 7.54. The number of nitrogens with one attached hydrogen (secondary N) is 3. The summed E-state index contributed by atoms with van der Waals surface area (Å²) in [6, 6.07) is 1.55. The molecule has 2 aliphatic heterocycles. The van der Waals surface area contributed by atoms with Crippen LogP contribution in [0.2, 0.25) is 5.02 Å². The van der Waals surface area contributed by atoms with Crippen molar-refractivity contribution in [2.45, 2.75) is 49.9 Å². The van der Waals surface area contributed by atoms with Gasteiger partial charge in [-0.1, -0.05) is 11.6 Å². The molecule has 13 heteroatoms. The number of carboxylic acid groups (broad SMARTS) is 1. The number of hydrogen-bond donors (Lipinski definition) is 6. The number of ether oxygens (including phenoxy) is 1. The van der Waals surface area contributed by atoms with Gasteiger partial charge in [0.2, 0.25) is 11.8 Å². The van der Waals surface area contributed by atoms with E-state index in [9.17, 15) is 29.7 Å². The van der Waals surface area contributed by atoms with Crippen molar-refractivity contribution in [2.24, 2.45) is 12.0 Å². The van der Waals surface area contributed by atoms with Crippen molar-refractivity contribution in [3.63, 3.8) is 0 Å². The molecule has 0 radical (unpaired) electrons. The number of aliphatic hydroxyl groups is 1. The number of carbonyl (C=O) groups is 3. The largest absolute Gasteiger partial charge is 0.507 e. The Balaban J connectivity index is 1.60. The smallest absolute Gasteiger partial charge is 0.331 e. The molecule has 4 atom stereocenters. The van der Waals surface area contributed by atoms with Gasteiger partial charge in [-0.2, -0.15) is 0 Å². The van der Waals surface area contributed by atoms with Gasteiger partial charge in [0.1, 0.15) is 18.4 Å². The zero-order valence-corrected chi connectivity index (χ0v) is 21.4. The fourth-order valence-electron chi connectivity index (χ4n) is 4.53. The summed E-state index contributed by atoms with van der Waals surface area (Å²) in [5.74, 6) is -2.64. The summed E-state index contributed by atoms with van der Waals surface area (Å²) >= 11 is 6.07. The summed E-state index contributed by atoms with van der Waals surface area (Å²) in [7, 11) is 1.78. The van der Waals surface area contributed by atoms with E-state index in [0.717, 1.165) is 6.42 Å². The highest BCUT2D eigenvalue weighted by atomic mass is 35.5. The second-order valence-electron chi connectivity index (χ2n) is 9.89. The molecule has 1 saturated heterocycles. The Labute approximate surface area is 217 Å². The molecule has 3 heterocycles. The van der Waals surface area contributed by atoms with Gasteiger partial charge in [0.05, 0.1) is 23.1 Å². The zero-order chi connectivity index (χ0) is 27.1. The molecule has 1 fully saturated rings. The van der Waals surface area contributed by atoms with Crippen molar-refractivity contribution >= 4 is 46.2 Å². The Hall–Kier alpha value is -3.35. The van der Waals surface area contributed by atoms with Gasteiger partial charge < -0.3 is 40.6 Å². The number of aromatic hydroxyl groups is 1. The maximum atomic E-state index is 13.4. The highest BCUT2D eigenvalue weighted by molar-refractivity contribution is 6.31. The first-order valence-corrected chi connectivity index (χ1v) is 12.2. The van der Waals surface area contributed by atoms with Crippen LogP contribution in [0.4, 0.5) is 0 Å². The van der Waals surface area contributed by atoms with Gasteiger partial charge in [0.25, 0.3) is 5.91 Å². The number of aryl methyl sites for hydroxylation is 1.